The van der Waals surface area contributed by atoms with Crippen LogP contribution in [0.3, 0.4) is 0 Å². The van der Waals surface area contributed by atoms with Crippen LogP contribution in [0.1, 0.15) is 37.3 Å². The van der Waals surface area contributed by atoms with Gasteiger partial charge in [0.15, 0.2) is 9.84 Å². The minimum atomic E-state index is -3.27. The molecule has 6 heteroatoms. The monoisotopic (exact) mass is 301 g/mol. The summed E-state index contributed by atoms with van der Waals surface area (Å²) in [7, 11) is -3.27. The average Bonchev–Trinajstić information content (AvgIpc) is 2.40. The summed E-state index contributed by atoms with van der Waals surface area (Å²) < 4.78 is 37.3. The lowest BCUT2D eigenvalue weighted by Crippen LogP contribution is -2.30. The molecule has 0 fully saturated rings. The fraction of sp³-hybridized carbons (Fsp3) is 0.571. The highest BCUT2D eigenvalue weighted by Crippen LogP contribution is 2.32. The second-order valence-corrected chi connectivity index (χ2v) is 7.16. The molecule has 20 heavy (non-hydrogen) atoms. The molecule has 0 aromatic heterocycles. The third-order valence-corrected chi connectivity index (χ3v) is 5.40. The maximum Gasteiger partial charge on any atom is 0.178 e. The quantitative estimate of drug-likeness (QED) is 0.621. The molecule has 0 amide bonds. The second-order valence-electron chi connectivity index (χ2n) is 5.08. The zero-order chi connectivity index (χ0) is 14.6. The van der Waals surface area contributed by atoms with Crippen molar-refractivity contribution >= 4 is 9.84 Å². The smallest absolute Gasteiger partial charge is 0.178 e. The summed E-state index contributed by atoms with van der Waals surface area (Å²) in [5, 5.41) is 12.0. The first-order valence-electron chi connectivity index (χ1n) is 6.91. The number of sulfone groups is 1. The number of aliphatic hydroxyl groups is 1. The molecule has 0 aliphatic carbocycles. The van der Waals surface area contributed by atoms with E-state index >= 15 is 0 Å². The van der Waals surface area contributed by atoms with Gasteiger partial charge in [0.1, 0.15) is 5.82 Å². The summed E-state index contributed by atoms with van der Waals surface area (Å²) >= 11 is 0. The molecular weight excluding hydrogens is 281 g/mol. The van der Waals surface area contributed by atoms with Crippen LogP contribution in [0, 0.1) is 5.82 Å². The first-order valence-corrected chi connectivity index (χ1v) is 8.56. The Hall–Kier alpha value is -0.980. The highest BCUT2D eigenvalue weighted by Gasteiger charge is 2.30. The Bertz CT molecular complexity index is 560. The summed E-state index contributed by atoms with van der Waals surface area (Å²) in [5.41, 5.74) is 0.540. The van der Waals surface area contributed by atoms with Crippen LogP contribution in [0.4, 0.5) is 4.39 Å². The van der Waals surface area contributed by atoms with Gasteiger partial charge in [-0.1, -0.05) is 0 Å². The Morgan fingerprint density at radius 1 is 1.30 bits per heavy atom. The SMILES string of the molecule is O=S1(=O)CCC(NCCCCCO)c2cc(F)ccc21. The van der Waals surface area contributed by atoms with Gasteiger partial charge in [-0.15, -0.1) is 0 Å². The maximum atomic E-state index is 13.4. The predicted octanol–water partition coefficient (Wildman–Crippen LogP) is 1.80. The van der Waals surface area contributed by atoms with Gasteiger partial charge < -0.3 is 10.4 Å². The molecule has 0 saturated carbocycles. The lowest BCUT2D eigenvalue weighted by molar-refractivity contribution is 0.282. The largest absolute Gasteiger partial charge is 0.396 e. The van der Waals surface area contributed by atoms with Crippen LogP contribution in [-0.4, -0.2) is 32.4 Å². The van der Waals surface area contributed by atoms with Crippen LogP contribution >= 0.6 is 0 Å². The van der Waals surface area contributed by atoms with Crippen molar-refractivity contribution in [3.05, 3.63) is 29.6 Å². The van der Waals surface area contributed by atoms with Crippen LogP contribution in [0.5, 0.6) is 0 Å². The summed E-state index contributed by atoms with van der Waals surface area (Å²) in [6.07, 6.45) is 3.07. The van der Waals surface area contributed by atoms with Crippen molar-refractivity contribution in [2.24, 2.45) is 0 Å². The molecule has 1 unspecified atom stereocenters. The van der Waals surface area contributed by atoms with E-state index in [4.69, 9.17) is 5.11 Å². The number of rotatable bonds is 6. The number of hydrogen-bond acceptors (Lipinski definition) is 4. The predicted molar refractivity (Wildman–Crippen MR) is 74.8 cm³/mol. The van der Waals surface area contributed by atoms with Gasteiger partial charge in [0.05, 0.1) is 10.6 Å². The molecule has 0 saturated heterocycles. The van der Waals surface area contributed by atoms with Crippen molar-refractivity contribution in [3.63, 3.8) is 0 Å². The molecule has 0 radical (unpaired) electrons. The number of fused-ring (bicyclic) bond motifs is 1. The summed E-state index contributed by atoms with van der Waals surface area (Å²) in [5.74, 6) is -0.312. The van der Waals surface area contributed by atoms with Gasteiger partial charge in [-0.3, -0.25) is 0 Å². The van der Waals surface area contributed by atoms with Gasteiger partial charge in [-0.25, -0.2) is 12.8 Å². The van der Waals surface area contributed by atoms with Gasteiger partial charge in [0, 0.05) is 12.6 Å². The molecule has 1 aliphatic heterocycles. The molecule has 1 aromatic rings. The number of nitrogens with one attached hydrogen (secondary N) is 1. The van der Waals surface area contributed by atoms with E-state index in [0.29, 0.717) is 12.0 Å². The van der Waals surface area contributed by atoms with Crippen LogP contribution in [0.2, 0.25) is 0 Å². The van der Waals surface area contributed by atoms with E-state index in [2.05, 4.69) is 5.32 Å². The van der Waals surface area contributed by atoms with E-state index in [9.17, 15) is 12.8 Å². The standard InChI is InChI=1S/C14H20FNO3S/c15-11-4-5-14-12(10-11)13(6-9-20(14,18)19)16-7-2-1-3-8-17/h4-5,10,13,16-17H,1-3,6-9H2. The highest BCUT2D eigenvalue weighted by molar-refractivity contribution is 7.91. The lowest BCUT2D eigenvalue weighted by atomic mass is 10.0. The van der Waals surface area contributed by atoms with Gasteiger partial charge in [0.2, 0.25) is 0 Å². The van der Waals surface area contributed by atoms with Crippen molar-refractivity contribution < 1.29 is 17.9 Å². The Kier molecular flexibility index (Phi) is 5.12. The molecule has 2 rings (SSSR count). The molecule has 1 aliphatic rings. The maximum absolute atomic E-state index is 13.4. The Balaban J connectivity index is 2.07. The van der Waals surface area contributed by atoms with Crippen LogP contribution < -0.4 is 5.32 Å². The van der Waals surface area contributed by atoms with Crippen molar-refractivity contribution in [1.82, 2.24) is 5.32 Å². The number of aliphatic hydroxyl groups excluding tert-OH is 1. The number of halogens is 1. The lowest BCUT2D eigenvalue weighted by Gasteiger charge is -2.26. The van der Waals surface area contributed by atoms with Gasteiger partial charge in [0.25, 0.3) is 0 Å². The molecular formula is C14H20FNO3S. The summed E-state index contributed by atoms with van der Waals surface area (Å²) in [6.45, 7) is 0.927. The Morgan fingerprint density at radius 2 is 2.10 bits per heavy atom. The minimum absolute atomic E-state index is 0.0972. The fourth-order valence-corrected chi connectivity index (χ4v) is 4.12. The van der Waals surface area contributed by atoms with E-state index in [0.717, 1.165) is 25.8 Å². The Morgan fingerprint density at radius 3 is 2.85 bits per heavy atom. The van der Waals surface area contributed by atoms with Gasteiger partial charge in [-0.05, 0) is 56.0 Å². The first-order chi connectivity index (χ1) is 9.54. The van der Waals surface area contributed by atoms with E-state index in [1.807, 2.05) is 0 Å². The first kappa shape index (κ1) is 15.4. The number of unbranched alkanes of at least 4 members (excludes halogenated alkanes) is 2. The summed E-state index contributed by atoms with van der Waals surface area (Å²) in [4.78, 5) is 0.248. The van der Waals surface area contributed by atoms with Crippen molar-refractivity contribution in [1.29, 1.82) is 0 Å². The molecule has 1 heterocycles. The van der Waals surface area contributed by atoms with Crippen molar-refractivity contribution in [2.45, 2.75) is 36.6 Å². The normalized spacial score (nSPS) is 20.6. The van der Waals surface area contributed by atoms with Crippen molar-refractivity contribution in [3.8, 4) is 0 Å². The van der Waals surface area contributed by atoms with Crippen LogP contribution in [0.15, 0.2) is 23.1 Å². The number of benzene rings is 1. The zero-order valence-corrected chi connectivity index (χ0v) is 12.1. The highest BCUT2D eigenvalue weighted by atomic mass is 32.2. The van der Waals surface area contributed by atoms with Crippen LogP contribution in [0.25, 0.3) is 0 Å². The van der Waals surface area contributed by atoms with E-state index in [1.165, 1.54) is 18.2 Å². The molecule has 1 aromatic carbocycles. The fourth-order valence-electron chi connectivity index (χ4n) is 2.52. The van der Waals surface area contributed by atoms with Gasteiger partial charge in [-0.2, -0.15) is 0 Å². The van der Waals surface area contributed by atoms with Gasteiger partial charge >= 0.3 is 0 Å². The minimum Gasteiger partial charge on any atom is -0.396 e. The molecule has 2 N–H and O–H groups in total. The van der Waals surface area contributed by atoms with Crippen LogP contribution in [-0.2, 0) is 9.84 Å². The third-order valence-electron chi connectivity index (χ3n) is 3.58. The molecule has 112 valence electrons. The number of hydrogen-bond donors (Lipinski definition) is 2. The molecule has 0 bridgehead atoms. The van der Waals surface area contributed by atoms with E-state index < -0.39 is 15.7 Å². The van der Waals surface area contributed by atoms with Crippen molar-refractivity contribution in [2.75, 3.05) is 18.9 Å². The Labute approximate surface area is 118 Å². The third kappa shape index (κ3) is 3.56. The molecule has 4 nitrogen and oxygen atoms in total. The van der Waals surface area contributed by atoms with E-state index in [1.54, 1.807) is 0 Å². The molecule has 1 atom stereocenters. The van der Waals surface area contributed by atoms with E-state index in [-0.39, 0.29) is 23.3 Å². The second kappa shape index (κ2) is 6.65. The summed E-state index contributed by atoms with van der Waals surface area (Å²) in [6, 6.07) is 3.76. The zero-order valence-electron chi connectivity index (χ0n) is 11.3. The molecule has 0 spiro atoms. The average molecular weight is 301 g/mol. The topological polar surface area (TPSA) is 66.4 Å².